The minimum Gasteiger partial charge on any atom is -0.504 e. The summed E-state index contributed by atoms with van der Waals surface area (Å²) in [7, 11) is 1.53. The topological polar surface area (TPSA) is 196 Å². The van der Waals surface area contributed by atoms with Gasteiger partial charge in [0.25, 0.3) is 0 Å². The van der Waals surface area contributed by atoms with E-state index < -0.39 is 64.4 Å². The van der Waals surface area contributed by atoms with E-state index in [0.717, 1.165) is 22.0 Å². The molecule has 4 N–H and O–H groups in total. The molecule has 12 rings (SSSR count). The Bertz CT molecular complexity index is 2640. The lowest BCUT2D eigenvalue weighted by molar-refractivity contribution is -0.187. The van der Waals surface area contributed by atoms with E-state index in [4.69, 9.17) is 23.7 Å². The highest BCUT2D eigenvalue weighted by Gasteiger charge is 2.71. The average Bonchev–Trinajstić information content (AvgIpc) is 3.90. The van der Waals surface area contributed by atoms with Gasteiger partial charge in [0.1, 0.15) is 24.4 Å². The lowest BCUT2D eigenvalue weighted by Gasteiger charge is -2.66. The van der Waals surface area contributed by atoms with Crippen molar-refractivity contribution in [2.24, 2.45) is 0 Å². The number of carbonyl (C=O) groups excluding carboxylic acids is 2. The van der Waals surface area contributed by atoms with Gasteiger partial charge in [-0.1, -0.05) is 18.2 Å². The molecule has 3 fully saturated rings. The summed E-state index contributed by atoms with van der Waals surface area (Å²) in [6.07, 6.45) is 0.772. The Morgan fingerprint density at radius 1 is 1.10 bits per heavy atom. The number of aromatic nitrogens is 1. The number of aryl methyl sites for hydroxylation is 1. The molecule has 8 aliphatic heterocycles. The number of carboxylic acids is 1. The summed E-state index contributed by atoms with van der Waals surface area (Å²) >= 11 is 1.39. The average molecular weight is 820 g/mol. The second-order valence-corrected chi connectivity index (χ2v) is 18.0. The third-order valence-electron chi connectivity index (χ3n) is 14.1. The fourth-order valence-electron chi connectivity index (χ4n) is 11.8. The normalized spacial score (nSPS) is 32.2. The Balaban J connectivity index is 1.20. The number of para-hydroxylation sites is 1. The van der Waals surface area contributed by atoms with Crippen LogP contribution in [0, 0.1) is 25.2 Å². The molecular weight excluding hydrogens is 779 g/mol. The van der Waals surface area contributed by atoms with Gasteiger partial charge in [-0.05, 0) is 56.0 Å². The Hall–Kier alpha value is -5.47. The number of nitriles is 1. The highest BCUT2D eigenvalue weighted by Crippen LogP contribution is 2.71. The van der Waals surface area contributed by atoms with Crippen LogP contribution in [0.5, 0.6) is 28.7 Å². The summed E-state index contributed by atoms with van der Waals surface area (Å²) < 4.78 is 30.7. The number of H-pyrrole nitrogens is 1. The quantitative estimate of drug-likeness (QED) is 0.165. The zero-order valence-electron chi connectivity index (χ0n) is 32.9. The number of hydrogen-bond acceptors (Lipinski definition) is 14. The molecule has 304 valence electrons. The molecule has 15 nitrogen and oxygen atoms in total. The van der Waals surface area contributed by atoms with Gasteiger partial charge in [0, 0.05) is 69.9 Å². The molecule has 3 saturated heterocycles. The van der Waals surface area contributed by atoms with E-state index in [1.165, 1.54) is 25.8 Å². The summed E-state index contributed by atoms with van der Waals surface area (Å²) in [6, 6.07) is 8.30. The molecule has 59 heavy (non-hydrogen) atoms. The van der Waals surface area contributed by atoms with E-state index in [-0.39, 0.29) is 43.1 Å². The van der Waals surface area contributed by atoms with Gasteiger partial charge in [0.05, 0.1) is 36.2 Å². The van der Waals surface area contributed by atoms with Crippen LogP contribution in [0.2, 0.25) is 0 Å². The van der Waals surface area contributed by atoms with Crippen LogP contribution < -0.4 is 24.3 Å². The van der Waals surface area contributed by atoms with Crippen LogP contribution in [0.1, 0.15) is 82.2 Å². The Morgan fingerprint density at radius 3 is 2.63 bits per heavy atom. The van der Waals surface area contributed by atoms with E-state index in [1.54, 1.807) is 0 Å². The number of aliphatic carboxylic acids is 1. The van der Waals surface area contributed by atoms with Crippen molar-refractivity contribution in [3.63, 3.8) is 0 Å². The molecule has 2 unspecified atom stereocenters. The summed E-state index contributed by atoms with van der Waals surface area (Å²) in [5.41, 5.74) is 4.06. The molecule has 0 radical (unpaired) electrons. The van der Waals surface area contributed by atoms with E-state index in [2.05, 4.69) is 39.2 Å². The van der Waals surface area contributed by atoms with Crippen LogP contribution in [0.4, 0.5) is 0 Å². The molecule has 1 aromatic heterocycles. The number of carboxylic acid groups (broad SMARTS) is 1. The van der Waals surface area contributed by atoms with E-state index in [9.17, 15) is 25.1 Å². The number of benzene rings is 3. The Kier molecular flexibility index (Phi) is 7.62. The first-order valence-corrected chi connectivity index (χ1v) is 20.8. The molecule has 4 aromatic rings. The monoisotopic (exact) mass is 819 g/mol. The van der Waals surface area contributed by atoms with Crippen molar-refractivity contribution in [1.29, 1.82) is 5.26 Å². The van der Waals surface area contributed by atoms with Gasteiger partial charge in [-0.15, -0.1) is 11.8 Å². The van der Waals surface area contributed by atoms with Crippen molar-refractivity contribution in [2.75, 3.05) is 26.3 Å². The maximum atomic E-state index is 15.0. The van der Waals surface area contributed by atoms with Crippen LogP contribution in [-0.4, -0.2) is 93.3 Å². The predicted molar refractivity (Wildman–Crippen MR) is 211 cm³/mol. The van der Waals surface area contributed by atoms with E-state index in [0.29, 0.717) is 57.2 Å². The molecule has 0 aliphatic carbocycles. The van der Waals surface area contributed by atoms with Crippen LogP contribution in [0.15, 0.2) is 30.3 Å². The van der Waals surface area contributed by atoms with Gasteiger partial charge in [-0.3, -0.25) is 24.7 Å². The number of carbonyl (C=O) groups is 3. The largest absolute Gasteiger partial charge is 0.504 e. The zero-order chi connectivity index (χ0) is 41.0. The number of methoxy groups -OCH3 is 1. The first-order valence-electron chi connectivity index (χ1n) is 19.7. The van der Waals surface area contributed by atoms with Crippen molar-refractivity contribution in [3.05, 3.63) is 75.0 Å². The molecule has 8 aliphatic rings. The minimum atomic E-state index is -1.66. The SMILES string of the molecule is COc1c(C)cc2c(c1O)C1[C@@H]3[C@@H]4SC[C@]5(N[C@H](C(=O)O)Cc6c5[nH]c5ccccc65)C(=O)OC[C@@H](c5c6c(c(C)c(OC(C)=O)c54)OCO6)N3[C@@H](C#N)[C@H]3CC2(C)N13. The maximum absolute atomic E-state index is 15.0. The molecule has 3 aromatic carbocycles. The van der Waals surface area contributed by atoms with Gasteiger partial charge in [-0.2, -0.15) is 5.26 Å². The number of nitrogens with zero attached hydrogens (tertiary/aromatic N) is 3. The van der Waals surface area contributed by atoms with Crippen molar-refractivity contribution in [2.45, 2.75) is 93.1 Å². The number of fused-ring (bicyclic) bond motifs is 10. The lowest BCUT2D eigenvalue weighted by Crippen LogP contribution is -2.75. The summed E-state index contributed by atoms with van der Waals surface area (Å²) in [5, 5.41) is 37.4. The number of phenolic OH excluding ortho intramolecular Hbond substituents is 1. The first-order chi connectivity index (χ1) is 28.3. The third-order valence-corrected chi connectivity index (χ3v) is 15.5. The number of piperazine rings is 1. The van der Waals surface area contributed by atoms with Gasteiger partial charge < -0.3 is 38.9 Å². The second-order valence-electron chi connectivity index (χ2n) is 16.9. The number of phenols is 1. The van der Waals surface area contributed by atoms with Gasteiger partial charge in [0.2, 0.25) is 6.79 Å². The number of aromatic hydroxyl groups is 1. The number of hydrogen-bond donors (Lipinski definition) is 4. The number of esters is 2. The molecule has 16 heteroatoms. The zero-order valence-corrected chi connectivity index (χ0v) is 33.7. The smallest absolute Gasteiger partial charge is 0.333 e. The molecule has 9 atom stereocenters. The lowest BCUT2D eigenvalue weighted by atomic mass is 9.70. The molecule has 9 heterocycles. The molecule has 2 bridgehead atoms. The van der Waals surface area contributed by atoms with Crippen molar-refractivity contribution < 1.29 is 48.3 Å². The van der Waals surface area contributed by atoms with E-state index >= 15 is 4.79 Å². The minimum absolute atomic E-state index is 0.0256. The fraction of sp³-hybridized carbons (Fsp3) is 0.442. The number of thioether (sulfide) groups is 1. The van der Waals surface area contributed by atoms with Gasteiger partial charge >= 0.3 is 17.9 Å². The highest BCUT2D eigenvalue weighted by atomic mass is 32.2. The molecule has 1 spiro atoms. The molecule has 0 amide bonds. The molecule has 0 saturated carbocycles. The standard InChI is InChI=1S/C43H41N5O10S/c1-17-10-22-28(33(50)34(17)54-5)31-32-38-30-29(37-36(56-16-57-37)18(2)35(30)58-19(3)49)27(47(32)26(13-44)25-12-42(22,4)48(25)31)14-55-41(53)43(15-59-38)39-21(11-24(46-43)40(51)52)20-8-6-7-9-23(20)45-39/h6-10,24-27,31-32,38,45-46,50H,11-12,14-16H2,1-5H3,(H,51,52)/t24-,25+,26-,27-,31?,32+,38+,42?,43+/m0/s1. The van der Waals surface area contributed by atoms with E-state index in [1.807, 2.05) is 38.1 Å². The number of aromatic amines is 1. The Labute approximate surface area is 342 Å². The van der Waals surface area contributed by atoms with Crippen LogP contribution in [0.25, 0.3) is 10.9 Å². The maximum Gasteiger partial charge on any atom is 0.333 e. The number of rotatable bonds is 3. The number of nitrogens with one attached hydrogen (secondary N) is 2. The van der Waals surface area contributed by atoms with Crippen LogP contribution in [0.3, 0.4) is 0 Å². The summed E-state index contributed by atoms with van der Waals surface area (Å²) in [6.45, 7) is 6.85. The Morgan fingerprint density at radius 2 is 1.88 bits per heavy atom. The summed E-state index contributed by atoms with van der Waals surface area (Å²) in [5.74, 6) is -0.833. The number of ether oxygens (including phenoxy) is 5. The predicted octanol–water partition coefficient (Wildman–Crippen LogP) is 4.65. The summed E-state index contributed by atoms with van der Waals surface area (Å²) in [4.78, 5) is 49.0. The second kappa shape index (κ2) is 12.3. The van der Waals surface area contributed by atoms with Crippen LogP contribution in [-0.2, 0) is 36.6 Å². The first kappa shape index (κ1) is 36.6. The van der Waals surface area contributed by atoms with Gasteiger partial charge in [-0.25, -0.2) is 4.79 Å². The van der Waals surface area contributed by atoms with Crippen molar-refractivity contribution in [3.8, 4) is 34.8 Å². The van der Waals surface area contributed by atoms with Crippen molar-refractivity contribution in [1.82, 2.24) is 20.1 Å². The highest BCUT2D eigenvalue weighted by molar-refractivity contribution is 7.99. The third kappa shape index (κ3) is 4.51. The molecular formula is C43H41N5O10S. The fourth-order valence-corrected chi connectivity index (χ4v) is 13.5. The van der Waals surface area contributed by atoms with Gasteiger partial charge in [0.15, 0.2) is 28.5 Å². The van der Waals surface area contributed by atoms with Crippen molar-refractivity contribution >= 4 is 40.6 Å². The van der Waals surface area contributed by atoms with Crippen LogP contribution >= 0.6 is 11.8 Å².